The predicted octanol–water partition coefficient (Wildman–Crippen LogP) is 6.10. The van der Waals surface area contributed by atoms with Crippen LogP contribution < -0.4 is 0 Å². The maximum atomic E-state index is 13.1. The van der Waals surface area contributed by atoms with E-state index < -0.39 is 0 Å². The van der Waals surface area contributed by atoms with Crippen LogP contribution in [0.1, 0.15) is 10.4 Å². The van der Waals surface area contributed by atoms with Gasteiger partial charge in [0.1, 0.15) is 22.0 Å². The first-order valence-corrected chi connectivity index (χ1v) is 9.69. The van der Waals surface area contributed by atoms with Crippen LogP contribution in [-0.2, 0) is 5.75 Å². The number of fused-ring (bicyclic) bond motifs is 1. The standard InChI is InChI=1S/C20H15FN2S2/c1-13-17(15-5-3-2-4-6-15)18-19(22-12-23-20(18)25-13)24-11-14-7-9-16(21)10-8-14/h2-10,12H,11H2,1H3. The molecule has 0 aliphatic rings. The fourth-order valence-corrected chi connectivity index (χ4v) is 4.85. The molecule has 2 nitrogen and oxygen atoms in total. The van der Waals surface area contributed by atoms with Crippen LogP contribution in [0.2, 0.25) is 0 Å². The molecule has 25 heavy (non-hydrogen) atoms. The summed E-state index contributed by atoms with van der Waals surface area (Å²) < 4.78 is 13.1. The molecule has 0 spiro atoms. The number of halogens is 1. The average molecular weight is 366 g/mol. The zero-order chi connectivity index (χ0) is 17.2. The molecule has 2 aromatic heterocycles. The molecular formula is C20H15FN2S2. The molecule has 0 saturated heterocycles. The van der Waals surface area contributed by atoms with Gasteiger partial charge in [0, 0.05) is 16.2 Å². The molecule has 2 heterocycles. The molecule has 0 unspecified atom stereocenters. The summed E-state index contributed by atoms with van der Waals surface area (Å²) in [5.74, 6) is 0.535. The van der Waals surface area contributed by atoms with Gasteiger partial charge in [0.15, 0.2) is 0 Å². The van der Waals surface area contributed by atoms with Crippen LogP contribution in [0.15, 0.2) is 66.0 Å². The number of aryl methyl sites for hydroxylation is 1. The van der Waals surface area contributed by atoms with Gasteiger partial charge in [0.2, 0.25) is 0 Å². The zero-order valence-electron chi connectivity index (χ0n) is 13.6. The van der Waals surface area contributed by atoms with Crippen molar-refractivity contribution in [3.05, 3.63) is 77.2 Å². The van der Waals surface area contributed by atoms with E-state index in [-0.39, 0.29) is 5.82 Å². The number of thiophene rings is 1. The van der Waals surface area contributed by atoms with Gasteiger partial charge in [0.25, 0.3) is 0 Å². The van der Waals surface area contributed by atoms with Crippen molar-refractivity contribution in [2.24, 2.45) is 0 Å². The van der Waals surface area contributed by atoms with E-state index in [1.807, 2.05) is 30.3 Å². The quantitative estimate of drug-likeness (QED) is 0.322. The largest absolute Gasteiger partial charge is 0.229 e. The number of thioether (sulfide) groups is 1. The highest BCUT2D eigenvalue weighted by Crippen LogP contribution is 2.41. The van der Waals surface area contributed by atoms with E-state index in [9.17, 15) is 4.39 Å². The van der Waals surface area contributed by atoms with Crippen molar-refractivity contribution in [2.45, 2.75) is 17.7 Å². The zero-order valence-corrected chi connectivity index (χ0v) is 15.2. The smallest absolute Gasteiger partial charge is 0.128 e. The molecule has 4 rings (SSSR count). The van der Waals surface area contributed by atoms with Crippen molar-refractivity contribution in [2.75, 3.05) is 0 Å². The lowest BCUT2D eigenvalue weighted by Gasteiger charge is -2.06. The Morgan fingerprint density at radius 1 is 1.00 bits per heavy atom. The van der Waals surface area contributed by atoms with E-state index >= 15 is 0 Å². The van der Waals surface area contributed by atoms with Gasteiger partial charge < -0.3 is 0 Å². The maximum Gasteiger partial charge on any atom is 0.128 e. The van der Waals surface area contributed by atoms with E-state index in [0.29, 0.717) is 0 Å². The van der Waals surface area contributed by atoms with Gasteiger partial charge in [-0.2, -0.15) is 0 Å². The summed E-state index contributed by atoms with van der Waals surface area (Å²) in [5.41, 5.74) is 3.47. The summed E-state index contributed by atoms with van der Waals surface area (Å²) >= 11 is 3.36. The fraction of sp³-hybridized carbons (Fsp3) is 0.100. The third kappa shape index (κ3) is 3.30. The average Bonchev–Trinajstić information content (AvgIpc) is 2.98. The molecule has 0 radical (unpaired) electrons. The Kier molecular flexibility index (Phi) is 4.51. The highest BCUT2D eigenvalue weighted by molar-refractivity contribution is 7.98. The highest BCUT2D eigenvalue weighted by Gasteiger charge is 2.16. The molecular weight excluding hydrogens is 351 g/mol. The molecule has 0 bridgehead atoms. The number of hydrogen-bond donors (Lipinski definition) is 0. The molecule has 0 aliphatic carbocycles. The van der Waals surface area contributed by atoms with Gasteiger partial charge in [-0.1, -0.05) is 42.5 Å². The van der Waals surface area contributed by atoms with Crippen molar-refractivity contribution in [3.63, 3.8) is 0 Å². The number of benzene rings is 2. The van der Waals surface area contributed by atoms with E-state index in [0.717, 1.165) is 26.6 Å². The van der Waals surface area contributed by atoms with Crippen LogP contribution in [0.25, 0.3) is 21.3 Å². The second-order valence-electron chi connectivity index (χ2n) is 5.67. The van der Waals surface area contributed by atoms with E-state index in [1.54, 1.807) is 29.4 Å². The molecule has 4 aromatic rings. The summed E-state index contributed by atoms with van der Waals surface area (Å²) in [7, 11) is 0. The summed E-state index contributed by atoms with van der Waals surface area (Å²) in [6.07, 6.45) is 1.63. The van der Waals surface area contributed by atoms with Crippen molar-refractivity contribution in [1.29, 1.82) is 0 Å². The summed E-state index contributed by atoms with van der Waals surface area (Å²) in [4.78, 5) is 11.2. The first kappa shape index (κ1) is 16.2. The summed E-state index contributed by atoms with van der Waals surface area (Å²) in [6, 6.07) is 17.0. The second-order valence-corrected chi connectivity index (χ2v) is 7.84. The molecule has 0 atom stereocenters. The van der Waals surface area contributed by atoms with Crippen LogP contribution in [0.3, 0.4) is 0 Å². The van der Waals surface area contributed by atoms with Crippen molar-refractivity contribution in [3.8, 4) is 11.1 Å². The van der Waals surface area contributed by atoms with Gasteiger partial charge in [0.05, 0.1) is 5.39 Å². The number of rotatable bonds is 4. The normalized spacial score (nSPS) is 11.1. The lowest BCUT2D eigenvalue weighted by Crippen LogP contribution is -1.88. The molecule has 0 fully saturated rings. The van der Waals surface area contributed by atoms with Crippen molar-refractivity contribution < 1.29 is 4.39 Å². The minimum absolute atomic E-state index is 0.210. The minimum Gasteiger partial charge on any atom is -0.229 e. The van der Waals surface area contributed by atoms with Crippen LogP contribution >= 0.6 is 23.1 Å². The van der Waals surface area contributed by atoms with Gasteiger partial charge in [-0.05, 0) is 30.2 Å². The molecule has 0 N–H and O–H groups in total. The molecule has 0 aliphatic heterocycles. The van der Waals surface area contributed by atoms with Crippen LogP contribution in [0, 0.1) is 12.7 Å². The van der Waals surface area contributed by atoms with Gasteiger partial charge in [-0.15, -0.1) is 23.1 Å². The third-order valence-corrected chi connectivity index (χ3v) is 6.05. The van der Waals surface area contributed by atoms with Crippen molar-refractivity contribution >= 4 is 33.3 Å². The number of aromatic nitrogens is 2. The monoisotopic (exact) mass is 366 g/mol. The van der Waals surface area contributed by atoms with Crippen LogP contribution in [-0.4, -0.2) is 9.97 Å². The lowest BCUT2D eigenvalue weighted by atomic mass is 10.0. The Labute approximate surface area is 153 Å². The SMILES string of the molecule is Cc1sc2ncnc(SCc3ccc(F)cc3)c2c1-c1ccccc1. The third-order valence-electron chi connectivity index (χ3n) is 3.98. The highest BCUT2D eigenvalue weighted by atomic mass is 32.2. The number of nitrogens with zero attached hydrogens (tertiary/aromatic N) is 2. The van der Waals surface area contributed by atoms with E-state index in [1.165, 1.54) is 28.1 Å². The second kappa shape index (κ2) is 6.94. The first-order chi connectivity index (χ1) is 12.2. The summed E-state index contributed by atoms with van der Waals surface area (Å²) in [6.45, 7) is 2.13. The van der Waals surface area contributed by atoms with Crippen LogP contribution in [0.5, 0.6) is 0 Å². The van der Waals surface area contributed by atoms with E-state index in [4.69, 9.17) is 0 Å². The topological polar surface area (TPSA) is 25.8 Å². The van der Waals surface area contributed by atoms with Crippen LogP contribution in [0.4, 0.5) is 4.39 Å². The van der Waals surface area contributed by atoms with Crippen molar-refractivity contribution in [1.82, 2.24) is 9.97 Å². The lowest BCUT2D eigenvalue weighted by molar-refractivity contribution is 0.627. The Morgan fingerprint density at radius 2 is 1.76 bits per heavy atom. The van der Waals surface area contributed by atoms with E-state index in [2.05, 4.69) is 29.0 Å². The fourth-order valence-electron chi connectivity index (χ4n) is 2.81. The Bertz CT molecular complexity index is 1010. The van der Waals surface area contributed by atoms with Gasteiger partial charge in [-0.3, -0.25) is 0 Å². The first-order valence-electron chi connectivity index (χ1n) is 7.89. The Morgan fingerprint density at radius 3 is 2.52 bits per heavy atom. The Balaban J connectivity index is 1.75. The maximum absolute atomic E-state index is 13.1. The minimum atomic E-state index is -0.210. The Hall–Kier alpha value is -2.24. The summed E-state index contributed by atoms with van der Waals surface area (Å²) in [5, 5.41) is 2.08. The predicted molar refractivity (Wildman–Crippen MR) is 104 cm³/mol. The molecule has 124 valence electrons. The van der Waals surface area contributed by atoms with Gasteiger partial charge >= 0.3 is 0 Å². The van der Waals surface area contributed by atoms with Gasteiger partial charge in [-0.25, -0.2) is 14.4 Å². The number of hydrogen-bond acceptors (Lipinski definition) is 4. The molecule has 0 amide bonds. The molecule has 2 aromatic carbocycles. The molecule has 5 heteroatoms. The molecule has 0 saturated carbocycles.